The smallest absolute Gasteiger partial charge is 0.193 e. The largest absolute Gasteiger partial charge is 0.384 e. The molecule has 1 atom stereocenters. The standard InChI is InChI=1S/C21H32FN3O/c1-23-20(25-13-10-17(14-25)15-26-2)24-16-21(11-4-3-5-12-21)18-6-8-19(22)9-7-18/h6-9,17H,3-5,10-16H2,1-2H3,(H,23,24). The molecular formula is C21H32FN3O. The second kappa shape index (κ2) is 8.85. The first-order valence-corrected chi connectivity index (χ1v) is 9.87. The van der Waals surface area contributed by atoms with Crippen molar-refractivity contribution in [2.75, 3.05) is 40.4 Å². The molecule has 0 radical (unpaired) electrons. The van der Waals surface area contributed by atoms with E-state index in [-0.39, 0.29) is 11.2 Å². The maximum atomic E-state index is 13.4. The van der Waals surface area contributed by atoms with Crippen LogP contribution in [0.2, 0.25) is 0 Å². The Bertz CT molecular complexity index is 596. The van der Waals surface area contributed by atoms with Crippen molar-refractivity contribution in [1.82, 2.24) is 10.2 Å². The highest BCUT2D eigenvalue weighted by Crippen LogP contribution is 2.39. The fourth-order valence-corrected chi connectivity index (χ4v) is 4.58. The summed E-state index contributed by atoms with van der Waals surface area (Å²) in [5, 5.41) is 3.64. The zero-order valence-corrected chi connectivity index (χ0v) is 16.1. The van der Waals surface area contributed by atoms with Crippen LogP contribution >= 0.6 is 0 Å². The second-order valence-electron chi connectivity index (χ2n) is 7.80. The molecule has 1 saturated carbocycles. The van der Waals surface area contributed by atoms with Gasteiger partial charge < -0.3 is 15.0 Å². The van der Waals surface area contributed by atoms with Crippen LogP contribution in [0, 0.1) is 11.7 Å². The highest BCUT2D eigenvalue weighted by atomic mass is 19.1. The van der Waals surface area contributed by atoms with Crippen LogP contribution in [-0.2, 0) is 10.2 Å². The topological polar surface area (TPSA) is 36.9 Å². The number of nitrogens with one attached hydrogen (secondary N) is 1. The minimum atomic E-state index is -0.162. The van der Waals surface area contributed by atoms with E-state index in [1.54, 1.807) is 19.2 Å². The maximum absolute atomic E-state index is 13.4. The third kappa shape index (κ3) is 4.37. The summed E-state index contributed by atoms with van der Waals surface area (Å²) in [6.45, 7) is 3.69. The van der Waals surface area contributed by atoms with Gasteiger partial charge in [0.05, 0.1) is 6.61 Å². The number of hydrogen-bond donors (Lipinski definition) is 1. The third-order valence-corrected chi connectivity index (χ3v) is 6.05. The highest BCUT2D eigenvalue weighted by Gasteiger charge is 2.35. The first-order chi connectivity index (χ1) is 12.7. The van der Waals surface area contributed by atoms with Crippen LogP contribution in [0.15, 0.2) is 29.3 Å². The van der Waals surface area contributed by atoms with Crippen LogP contribution in [-0.4, -0.2) is 51.3 Å². The van der Waals surface area contributed by atoms with Gasteiger partial charge in [0.15, 0.2) is 5.96 Å². The van der Waals surface area contributed by atoms with Gasteiger partial charge in [0.1, 0.15) is 5.82 Å². The summed E-state index contributed by atoms with van der Waals surface area (Å²) < 4.78 is 18.7. The third-order valence-electron chi connectivity index (χ3n) is 6.05. The van der Waals surface area contributed by atoms with Crippen LogP contribution in [0.3, 0.4) is 0 Å². The minimum Gasteiger partial charge on any atom is -0.384 e. The lowest BCUT2D eigenvalue weighted by atomic mass is 9.69. The van der Waals surface area contributed by atoms with E-state index in [1.165, 1.54) is 24.8 Å². The number of nitrogens with zero attached hydrogens (tertiary/aromatic N) is 2. The van der Waals surface area contributed by atoms with E-state index in [1.807, 2.05) is 19.2 Å². The molecule has 1 aromatic carbocycles. The van der Waals surface area contributed by atoms with E-state index < -0.39 is 0 Å². The summed E-state index contributed by atoms with van der Waals surface area (Å²) in [5.41, 5.74) is 1.33. The molecule has 5 heteroatoms. The molecule has 0 amide bonds. The second-order valence-corrected chi connectivity index (χ2v) is 7.80. The molecule has 0 aromatic heterocycles. The summed E-state index contributed by atoms with van der Waals surface area (Å²) in [6, 6.07) is 7.12. The Balaban J connectivity index is 1.68. The molecule has 144 valence electrons. The first-order valence-electron chi connectivity index (χ1n) is 9.87. The first kappa shape index (κ1) is 19.2. The highest BCUT2D eigenvalue weighted by molar-refractivity contribution is 5.80. The Labute approximate surface area is 156 Å². The number of hydrogen-bond acceptors (Lipinski definition) is 2. The summed E-state index contributed by atoms with van der Waals surface area (Å²) >= 11 is 0. The number of likely N-dealkylation sites (tertiary alicyclic amines) is 1. The van der Waals surface area contributed by atoms with Crippen molar-refractivity contribution in [1.29, 1.82) is 0 Å². The van der Waals surface area contributed by atoms with Gasteiger partial charge in [-0.25, -0.2) is 4.39 Å². The van der Waals surface area contributed by atoms with E-state index >= 15 is 0 Å². The Hall–Kier alpha value is -1.62. The van der Waals surface area contributed by atoms with E-state index in [0.717, 1.165) is 51.5 Å². The van der Waals surface area contributed by atoms with Gasteiger partial charge in [-0.1, -0.05) is 31.4 Å². The quantitative estimate of drug-likeness (QED) is 0.643. The molecular weight excluding hydrogens is 329 g/mol. The monoisotopic (exact) mass is 361 g/mol. The molecule has 0 spiro atoms. The van der Waals surface area contributed by atoms with Gasteiger partial charge in [-0.2, -0.15) is 0 Å². The summed E-state index contributed by atoms with van der Waals surface area (Å²) in [4.78, 5) is 6.86. The van der Waals surface area contributed by atoms with Crippen LogP contribution < -0.4 is 5.32 Å². The molecule has 1 unspecified atom stereocenters. The molecule has 1 aliphatic heterocycles. The molecule has 1 N–H and O–H groups in total. The predicted molar refractivity (Wildman–Crippen MR) is 104 cm³/mol. The van der Waals surface area contributed by atoms with Crippen molar-refractivity contribution < 1.29 is 9.13 Å². The van der Waals surface area contributed by atoms with E-state index in [4.69, 9.17) is 4.74 Å². The molecule has 2 fully saturated rings. The van der Waals surface area contributed by atoms with Crippen molar-refractivity contribution in [2.24, 2.45) is 10.9 Å². The average molecular weight is 362 g/mol. The summed E-state index contributed by atoms with van der Waals surface area (Å²) in [5.74, 6) is 1.40. The van der Waals surface area contributed by atoms with Crippen molar-refractivity contribution in [3.8, 4) is 0 Å². The van der Waals surface area contributed by atoms with Gasteiger partial charge in [0.2, 0.25) is 0 Å². The van der Waals surface area contributed by atoms with E-state index in [2.05, 4.69) is 15.2 Å². The minimum absolute atomic E-state index is 0.0769. The molecule has 1 aromatic rings. The normalized spacial score (nSPS) is 23.3. The van der Waals surface area contributed by atoms with Gasteiger partial charge in [-0.3, -0.25) is 4.99 Å². The van der Waals surface area contributed by atoms with Gasteiger partial charge >= 0.3 is 0 Å². The zero-order chi connectivity index (χ0) is 18.4. The lowest BCUT2D eigenvalue weighted by molar-refractivity contribution is 0.157. The molecule has 1 heterocycles. The maximum Gasteiger partial charge on any atom is 0.193 e. The predicted octanol–water partition coefficient (Wildman–Crippen LogP) is 3.57. The Morgan fingerprint density at radius 2 is 2.00 bits per heavy atom. The summed E-state index contributed by atoms with van der Waals surface area (Å²) in [7, 11) is 3.63. The fourth-order valence-electron chi connectivity index (χ4n) is 4.58. The molecule has 3 rings (SSSR count). The van der Waals surface area contributed by atoms with E-state index in [9.17, 15) is 4.39 Å². The Kier molecular flexibility index (Phi) is 6.52. The van der Waals surface area contributed by atoms with E-state index in [0.29, 0.717) is 5.92 Å². The van der Waals surface area contributed by atoms with Gasteiger partial charge in [0, 0.05) is 45.1 Å². The van der Waals surface area contributed by atoms with Crippen molar-refractivity contribution in [2.45, 2.75) is 43.9 Å². The van der Waals surface area contributed by atoms with Crippen LogP contribution in [0.25, 0.3) is 0 Å². The fraction of sp³-hybridized carbons (Fsp3) is 0.667. The van der Waals surface area contributed by atoms with Crippen molar-refractivity contribution in [3.63, 3.8) is 0 Å². The van der Waals surface area contributed by atoms with Gasteiger partial charge in [0.25, 0.3) is 0 Å². The molecule has 0 bridgehead atoms. The number of ether oxygens (including phenoxy) is 1. The van der Waals surface area contributed by atoms with Gasteiger partial charge in [-0.15, -0.1) is 0 Å². The molecule has 1 aliphatic carbocycles. The molecule has 1 saturated heterocycles. The number of rotatable bonds is 5. The Morgan fingerprint density at radius 3 is 2.65 bits per heavy atom. The van der Waals surface area contributed by atoms with Gasteiger partial charge in [-0.05, 0) is 37.0 Å². The molecule has 26 heavy (non-hydrogen) atoms. The van der Waals surface area contributed by atoms with Crippen molar-refractivity contribution in [3.05, 3.63) is 35.6 Å². The number of benzene rings is 1. The number of methoxy groups -OCH3 is 1. The lowest BCUT2D eigenvalue weighted by Crippen LogP contribution is -2.47. The van der Waals surface area contributed by atoms with Crippen molar-refractivity contribution >= 4 is 5.96 Å². The number of guanidine groups is 1. The summed E-state index contributed by atoms with van der Waals surface area (Å²) in [6.07, 6.45) is 7.21. The van der Waals surface area contributed by atoms with Crippen LogP contribution in [0.5, 0.6) is 0 Å². The van der Waals surface area contributed by atoms with Crippen LogP contribution in [0.4, 0.5) is 4.39 Å². The number of halogens is 1. The number of aliphatic imine (C=N–C) groups is 1. The average Bonchev–Trinajstić information content (AvgIpc) is 3.12. The van der Waals surface area contributed by atoms with Crippen LogP contribution in [0.1, 0.15) is 44.1 Å². The molecule has 4 nitrogen and oxygen atoms in total. The Morgan fingerprint density at radius 1 is 1.27 bits per heavy atom. The zero-order valence-electron chi connectivity index (χ0n) is 16.1. The molecule has 2 aliphatic rings. The lowest BCUT2D eigenvalue weighted by Gasteiger charge is -2.39. The SMILES string of the molecule is CN=C(NCC1(c2ccc(F)cc2)CCCCC1)N1CCC(COC)C1.